The van der Waals surface area contributed by atoms with E-state index in [0.29, 0.717) is 5.78 Å². The van der Waals surface area contributed by atoms with Gasteiger partial charge in [0.1, 0.15) is 5.78 Å². The fraction of sp³-hybridized carbons (Fsp3) is 0.688. The molecule has 0 saturated carbocycles. The highest BCUT2D eigenvalue weighted by Gasteiger charge is 2.01. The molecule has 0 saturated heterocycles. The van der Waals surface area contributed by atoms with Crippen LogP contribution in [0.3, 0.4) is 0 Å². The third-order valence-corrected chi connectivity index (χ3v) is 2.89. The summed E-state index contributed by atoms with van der Waals surface area (Å²) in [7, 11) is 0. The zero-order chi connectivity index (χ0) is 12.8. The van der Waals surface area contributed by atoms with Gasteiger partial charge in [0, 0.05) is 19.3 Å². The molecule has 0 rings (SSSR count). The van der Waals surface area contributed by atoms with Crippen LogP contribution >= 0.6 is 0 Å². The fourth-order valence-electron chi connectivity index (χ4n) is 1.82. The highest BCUT2D eigenvalue weighted by atomic mass is 16.1. The lowest BCUT2D eigenvalue weighted by Crippen LogP contribution is -1.97. The quantitative estimate of drug-likeness (QED) is 0.272. The molecule has 0 bridgehead atoms. The number of hydrogen-bond acceptors (Lipinski definition) is 1. The summed E-state index contributed by atoms with van der Waals surface area (Å²) >= 11 is 0. The summed E-state index contributed by atoms with van der Waals surface area (Å²) in [5, 5.41) is 0. The van der Waals surface area contributed by atoms with Crippen molar-refractivity contribution in [3.63, 3.8) is 0 Å². The highest BCUT2D eigenvalue weighted by molar-refractivity contribution is 5.78. The van der Waals surface area contributed by atoms with Gasteiger partial charge in [-0.15, -0.1) is 18.9 Å². The second-order valence-corrected chi connectivity index (χ2v) is 4.55. The molecule has 96 valence electrons. The Morgan fingerprint density at radius 2 is 1.59 bits per heavy atom. The SMILES string of the molecule is C#CCCCCCCC(=O)CCCCCC=C. The van der Waals surface area contributed by atoms with Gasteiger partial charge in [0.05, 0.1) is 0 Å². The second kappa shape index (κ2) is 13.0. The molecule has 0 radical (unpaired) electrons. The van der Waals surface area contributed by atoms with Crippen molar-refractivity contribution in [2.75, 3.05) is 0 Å². The van der Waals surface area contributed by atoms with Gasteiger partial charge >= 0.3 is 0 Å². The molecular formula is C16H26O. The predicted molar refractivity (Wildman–Crippen MR) is 74.8 cm³/mol. The lowest BCUT2D eigenvalue weighted by Gasteiger charge is -2.01. The Kier molecular flexibility index (Phi) is 12.2. The first-order chi connectivity index (χ1) is 8.31. The Balaban J connectivity index is 3.18. The largest absolute Gasteiger partial charge is 0.300 e. The van der Waals surface area contributed by atoms with E-state index in [1.165, 1.54) is 6.42 Å². The van der Waals surface area contributed by atoms with Crippen LogP contribution in [0.25, 0.3) is 0 Å². The summed E-state index contributed by atoms with van der Waals surface area (Å²) in [5.41, 5.74) is 0. The molecule has 0 aliphatic heterocycles. The fourth-order valence-corrected chi connectivity index (χ4v) is 1.82. The van der Waals surface area contributed by atoms with Crippen LogP contribution in [-0.4, -0.2) is 5.78 Å². The van der Waals surface area contributed by atoms with Gasteiger partial charge in [-0.05, 0) is 32.1 Å². The molecule has 0 N–H and O–H groups in total. The number of ketones is 1. The van der Waals surface area contributed by atoms with Gasteiger partial charge in [-0.3, -0.25) is 4.79 Å². The van der Waals surface area contributed by atoms with Gasteiger partial charge in [0.15, 0.2) is 0 Å². The summed E-state index contributed by atoms with van der Waals surface area (Å²) in [5.74, 6) is 3.07. The Morgan fingerprint density at radius 1 is 1.00 bits per heavy atom. The number of allylic oxidation sites excluding steroid dienone is 1. The zero-order valence-corrected chi connectivity index (χ0v) is 11.0. The number of carbonyl (C=O) groups is 1. The highest BCUT2D eigenvalue weighted by Crippen LogP contribution is 2.09. The monoisotopic (exact) mass is 234 g/mol. The Labute approximate surface area is 107 Å². The predicted octanol–water partition coefficient (Wildman–Crippen LogP) is 4.67. The number of terminal acetylenes is 1. The molecule has 0 heterocycles. The van der Waals surface area contributed by atoms with Crippen molar-refractivity contribution < 1.29 is 4.79 Å². The third kappa shape index (κ3) is 12.9. The summed E-state index contributed by atoms with van der Waals surface area (Å²) in [6, 6.07) is 0. The molecule has 0 aromatic carbocycles. The van der Waals surface area contributed by atoms with E-state index in [2.05, 4.69) is 12.5 Å². The van der Waals surface area contributed by atoms with Crippen LogP contribution in [0.5, 0.6) is 0 Å². The molecule has 0 atom stereocenters. The molecule has 0 aromatic heterocycles. The van der Waals surface area contributed by atoms with E-state index in [1.807, 2.05) is 6.08 Å². The van der Waals surface area contributed by atoms with Crippen molar-refractivity contribution in [1.82, 2.24) is 0 Å². The van der Waals surface area contributed by atoms with Gasteiger partial charge in [-0.25, -0.2) is 0 Å². The van der Waals surface area contributed by atoms with E-state index >= 15 is 0 Å². The standard InChI is InChI=1S/C16H26O/c1-3-5-7-9-11-13-15-16(17)14-12-10-8-6-4-2/h1,4H,2,5-15H2. The average Bonchev–Trinajstić information content (AvgIpc) is 2.33. The lowest BCUT2D eigenvalue weighted by atomic mass is 10.0. The Hall–Kier alpha value is -1.03. The molecule has 0 amide bonds. The Morgan fingerprint density at radius 3 is 2.18 bits per heavy atom. The van der Waals surface area contributed by atoms with Gasteiger partial charge < -0.3 is 0 Å². The number of unbranched alkanes of at least 4 members (excludes halogenated alkanes) is 7. The van der Waals surface area contributed by atoms with Gasteiger partial charge in [0.25, 0.3) is 0 Å². The molecule has 1 nitrogen and oxygen atoms in total. The third-order valence-electron chi connectivity index (χ3n) is 2.89. The van der Waals surface area contributed by atoms with E-state index in [0.717, 1.165) is 64.2 Å². The average molecular weight is 234 g/mol. The summed E-state index contributed by atoms with van der Waals surface area (Å²) < 4.78 is 0. The summed E-state index contributed by atoms with van der Waals surface area (Å²) in [6.45, 7) is 3.69. The molecule has 0 aliphatic rings. The number of carbonyl (C=O) groups excluding carboxylic acids is 1. The second-order valence-electron chi connectivity index (χ2n) is 4.55. The molecule has 0 aliphatic carbocycles. The van der Waals surface area contributed by atoms with E-state index in [-0.39, 0.29) is 0 Å². The van der Waals surface area contributed by atoms with Crippen molar-refractivity contribution in [3.05, 3.63) is 12.7 Å². The maximum Gasteiger partial charge on any atom is 0.132 e. The van der Waals surface area contributed by atoms with Crippen LogP contribution < -0.4 is 0 Å². The van der Waals surface area contributed by atoms with Crippen molar-refractivity contribution in [3.8, 4) is 12.3 Å². The van der Waals surface area contributed by atoms with E-state index in [9.17, 15) is 4.79 Å². The van der Waals surface area contributed by atoms with Crippen LogP contribution in [0.2, 0.25) is 0 Å². The van der Waals surface area contributed by atoms with Gasteiger partial charge in [0.2, 0.25) is 0 Å². The van der Waals surface area contributed by atoms with E-state index < -0.39 is 0 Å². The first-order valence-electron chi connectivity index (χ1n) is 6.87. The lowest BCUT2D eigenvalue weighted by molar-refractivity contribution is -0.119. The smallest absolute Gasteiger partial charge is 0.132 e. The summed E-state index contributed by atoms with van der Waals surface area (Å²) in [6.07, 6.45) is 18.4. The van der Waals surface area contributed by atoms with Crippen molar-refractivity contribution >= 4 is 5.78 Å². The number of rotatable bonds is 12. The Bertz CT molecular complexity index is 234. The van der Waals surface area contributed by atoms with Gasteiger partial charge in [-0.2, -0.15) is 0 Å². The molecule has 1 heteroatoms. The molecule has 0 aromatic rings. The van der Waals surface area contributed by atoms with Crippen LogP contribution in [0.1, 0.15) is 70.6 Å². The van der Waals surface area contributed by atoms with E-state index in [4.69, 9.17) is 6.42 Å². The van der Waals surface area contributed by atoms with Crippen molar-refractivity contribution in [1.29, 1.82) is 0 Å². The maximum absolute atomic E-state index is 11.5. The maximum atomic E-state index is 11.5. The van der Waals surface area contributed by atoms with Crippen LogP contribution in [-0.2, 0) is 4.79 Å². The molecule has 0 spiro atoms. The molecular weight excluding hydrogens is 208 g/mol. The minimum Gasteiger partial charge on any atom is -0.300 e. The van der Waals surface area contributed by atoms with E-state index in [1.54, 1.807) is 0 Å². The number of Topliss-reactive ketones (excluding diaryl/α,β-unsaturated/α-hetero) is 1. The number of hydrogen-bond donors (Lipinski definition) is 0. The van der Waals surface area contributed by atoms with Crippen LogP contribution in [0.4, 0.5) is 0 Å². The molecule has 17 heavy (non-hydrogen) atoms. The molecule has 0 unspecified atom stereocenters. The van der Waals surface area contributed by atoms with Crippen molar-refractivity contribution in [2.24, 2.45) is 0 Å². The minimum absolute atomic E-state index is 0.431. The van der Waals surface area contributed by atoms with Crippen LogP contribution in [0.15, 0.2) is 12.7 Å². The minimum atomic E-state index is 0.431. The zero-order valence-electron chi connectivity index (χ0n) is 11.0. The van der Waals surface area contributed by atoms with Crippen LogP contribution in [0, 0.1) is 12.3 Å². The summed E-state index contributed by atoms with van der Waals surface area (Å²) in [4.78, 5) is 11.5. The topological polar surface area (TPSA) is 17.1 Å². The first kappa shape index (κ1) is 16.0. The van der Waals surface area contributed by atoms with Gasteiger partial charge in [-0.1, -0.05) is 25.3 Å². The normalized spacial score (nSPS) is 9.82. The molecule has 0 fully saturated rings. The first-order valence-corrected chi connectivity index (χ1v) is 6.87. The van der Waals surface area contributed by atoms with Crippen molar-refractivity contribution in [2.45, 2.75) is 70.6 Å².